The second kappa shape index (κ2) is 5.51. The van der Waals surface area contributed by atoms with Gasteiger partial charge in [0.1, 0.15) is 0 Å². The molecule has 88 valence electrons. The van der Waals surface area contributed by atoms with Gasteiger partial charge in [-0.25, -0.2) is 0 Å². The highest BCUT2D eigenvalue weighted by molar-refractivity contribution is 6.18. The fourth-order valence-corrected chi connectivity index (χ4v) is 2.93. The summed E-state index contributed by atoms with van der Waals surface area (Å²) >= 11 is 5.86. The average Bonchev–Trinajstić information content (AvgIpc) is 2.74. The van der Waals surface area contributed by atoms with E-state index in [1.807, 2.05) is 0 Å². The van der Waals surface area contributed by atoms with Crippen LogP contribution in [0.15, 0.2) is 0 Å². The number of halogens is 1. The molecule has 2 fully saturated rings. The van der Waals surface area contributed by atoms with Crippen LogP contribution >= 0.6 is 11.6 Å². The molecule has 0 amide bonds. The van der Waals surface area contributed by atoms with Crippen LogP contribution in [0.3, 0.4) is 0 Å². The molecule has 2 atom stereocenters. The molecule has 1 aliphatic heterocycles. The van der Waals surface area contributed by atoms with Crippen LogP contribution in [0.5, 0.6) is 0 Å². The van der Waals surface area contributed by atoms with Crippen molar-refractivity contribution in [2.24, 2.45) is 5.92 Å². The Kier molecular flexibility index (Phi) is 4.30. The first-order chi connectivity index (χ1) is 7.29. The van der Waals surface area contributed by atoms with Crippen molar-refractivity contribution in [3.63, 3.8) is 0 Å². The Balaban J connectivity index is 1.82. The van der Waals surface area contributed by atoms with Crippen molar-refractivity contribution in [3.8, 4) is 0 Å². The van der Waals surface area contributed by atoms with Crippen LogP contribution in [-0.4, -0.2) is 42.6 Å². The van der Waals surface area contributed by atoms with E-state index in [9.17, 15) is 0 Å². The topological polar surface area (TPSA) is 12.5 Å². The van der Waals surface area contributed by atoms with Gasteiger partial charge in [0.25, 0.3) is 0 Å². The number of ether oxygens (including phenoxy) is 1. The van der Waals surface area contributed by atoms with E-state index < -0.39 is 0 Å². The summed E-state index contributed by atoms with van der Waals surface area (Å²) < 4.78 is 5.66. The maximum absolute atomic E-state index is 5.86. The fourth-order valence-electron chi connectivity index (χ4n) is 2.75. The number of alkyl halides is 1. The maximum Gasteiger partial charge on any atom is 0.0837 e. The van der Waals surface area contributed by atoms with Gasteiger partial charge in [-0.3, -0.25) is 4.90 Å². The van der Waals surface area contributed by atoms with Crippen molar-refractivity contribution in [2.75, 3.05) is 25.6 Å². The highest BCUT2D eigenvalue weighted by Crippen LogP contribution is 2.27. The van der Waals surface area contributed by atoms with E-state index in [1.54, 1.807) is 0 Å². The lowest BCUT2D eigenvalue weighted by atomic mass is 10.1. The Morgan fingerprint density at radius 1 is 1.33 bits per heavy atom. The molecule has 0 aromatic heterocycles. The van der Waals surface area contributed by atoms with Crippen molar-refractivity contribution >= 4 is 11.6 Å². The molecule has 2 aliphatic rings. The van der Waals surface area contributed by atoms with E-state index in [0.29, 0.717) is 11.9 Å². The maximum atomic E-state index is 5.86. The largest absolute Gasteiger partial charge is 0.374 e. The normalized spacial score (nSPS) is 34.8. The predicted molar refractivity (Wildman–Crippen MR) is 63.5 cm³/mol. The SMILES string of the molecule is CC1COC(CCl)CN1CC1CCCC1. The molecule has 1 aliphatic carbocycles. The van der Waals surface area contributed by atoms with E-state index in [2.05, 4.69) is 11.8 Å². The first-order valence-electron chi connectivity index (χ1n) is 6.21. The van der Waals surface area contributed by atoms with Gasteiger partial charge in [0.2, 0.25) is 0 Å². The summed E-state index contributed by atoms with van der Waals surface area (Å²) in [5.74, 6) is 1.56. The van der Waals surface area contributed by atoms with Crippen molar-refractivity contribution in [1.82, 2.24) is 4.90 Å². The van der Waals surface area contributed by atoms with Crippen molar-refractivity contribution < 1.29 is 4.74 Å². The summed E-state index contributed by atoms with van der Waals surface area (Å²) in [5.41, 5.74) is 0. The van der Waals surface area contributed by atoms with Crippen molar-refractivity contribution in [1.29, 1.82) is 0 Å². The van der Waals surface area contributed by atoms with Crippen LogP contribution < -0.4 is 0 Å². The third-order valence-electron chi connectivity index (χ3n) is 3.77. The van der Waals surface area contributed by atoms with Crippen molar-refractivity contribution in [2.45, 2.75) is 44.8 Å². The molecule has 15 heavy (non-hydrogen) atoms. The fraction of sp³-hybridized carbons (Fsp3) is 1.00. The van der Waals surface area contributed by atoms with Crippen molar-refractivity contribution in [3.05, 3.63) is 0 Å². The number of nitrogens with zero attached hydrogens (tertiary/aromatic N) is 1. The Bertz CT molecular complexity index is 194. The van der Waals surface area contributed by atoms with Crippen LogP contribution in [-0.2, 0) is 4.74 Å². The van der Waals surface area contributed by atoms with Crippen LogP contribution in [0.4, 0.5) is 0 Å². The summed E-state index contributed by atoms with van der Waals surface area (Å²) in [6, 6.07) is 0.574. The van der Waals surface area contributed by atoms with Gasteiger partial charge in [-0.15, -0.1) is 11.6 Å². The average molecular weight is 232 g/mol. The van der Waals surface area contributed by atoms with E-state index >= 15 is 0 Å². The van der Waals surface area contributed by atoms with Gasteiger partial charge in [0.15, 0.2) is 0 Å². The lowest BCUT2D eigenvalue weighted by Gasteiger charge is -2.38. The smallest absolute Gasteiger partial charge is 0.0837 e. The van der Waals surface area contributed by atoms with E-state index in [-0.39, 0.29) is 6.10 Å². The molecule has 2 unspecified atom stereocenters. The second-order valence-corrected chi connectivity index (χ2v) is 5.37. The number of hydrogen-bond acceptors (Lipinski definition) is 2. The Labute approximate surface area is 97.9 Å². The van der Waals surface area contributed by atoms with Gasteiger partial charge in [-0.1, -0.05) is 12.8 Å². The van der Waals surface area contributed by atoms with Gasteiger partial charge >= 0.3 is 0 Å². The summed E-state index contributed by atoms with van der Waals surface area (Å²) in [6.07, 6.45) is 5.97. The Hall–Kier alpha value is 0.210. The summed E-state index contributed by atoms with van der Waals surface area (Å²) in [4.78, 5) is 2.58. The predicted octanol–water partition coefficient (Wildman–Crippen LogP) is 2.50. The molecule has 1 saturated carbocycles. The van der Waals surface area contributed by atoms with E-state index in [4.69, 9.17) is 16.3 Å². The minimum absolute atomic E-state index is 0.254. The van der Waals surface area contributed by atoms with Crippen LogP contribution in [0.2, 0.25) is 0 Å². The first-order valence-corrected chi connectivity index (χ1v) is 6.74. The quantitative estimate of drug-likeness (QED) is 0.693. The number of morpholine rings is 1. The molecule has 0 aromatic rings. The standard InChI is InChI=1S/C12H22ClNO/c1-10-9-15-12(6-13)8-14(10)7-11-4-2-3-5-11/h10-12H,2-9H2,1H3. The molecule has 0 N–H and O–H groups in total. The highest BCUT2D eigenvalue weighted by Gasteiger charge is 2.28. The van der Waals surface area contributed by atoms with Gasteiger partial charge in [-0.05, 0) is 25.7 Å². The second-order valence-electron chi connectivity index (χ2n) is 5.06. The number of hydrogen-bond donors (Lipinski definition) is 0. The minimum atomic E-state index is 0.254. The van der Waals surface area contributed by atoms with Crippen LogP contribution in [0.1, 0.15) is 32.6 Å². The van der Waals surface area contributed by atoms with Gasteiger partial charge < -0.3 is 4.74 Å². The highest BCUT2D eigenvalue weighted by atomic mass is 35.5. The van der Waals surface area contributed by atoms with Gasteiger partial charge in [0, 0.05) is 25.0 Å². The van der Waals surface area contributed by atoms with Gasteiger partial charge in [-0.2, -0.15) is 0 Å². The van der Waals surface area contributed by atoms with Crippen LogP contribution in [0.25, 0.3) is 0 Å². The minimum Gasteiger partial charge on any atom is -0.374 e. The Morgan fingerprint density at radius 3 is 2.73 bits per heavy atom. The molecule has 0 radical (unpaired) electrons. The molecule has 0 spiro atoms. The molecule has 0 bridgehead atoms. The molecule has 1 saturated heterocycles. The Morgan fingerprint density at radius 2 is 2.07 bits per heavy atom. The summed E-state index contributed by atoms with van der Waals surface area (Å²) in [7, 11) is 0. The third-order valence-corrected chi connectivity index (χ3v) is 4.12. The molecular weight excluding hydrogens is 210 g/mol. The third kappa shape index (κ3) is 3.08. The molecule has 0 aromatic carbocycles. The lowest BCUT2D eigenvalue weighted by Crippen LogP contribution is -2.50. The molecule has 1 heterocycles. The zero-order chi connectivity index (χ0) is 10.7. The molecule has 2 nitrogen and oxygen atoms in total. The van der Waals surface area contributed by atoms with Crippen LogP contribution in [0, 0.1) is 5.92 Å². The number of rotatable bonds is 3. The molecule has 2 rings (SSSR count). The zero-order valence-corrected chi connectivity index (χ0v) is 10.4. The lowest BCUT2D eigenvalue weighted by molar-refractivity contribution is -0.0523. The van der Waals surface area contributed by atoms with E-state index in [0.717, 1.165) is 19.1 Å². The van der Waals surface area contributed by atoms with Gasteiger partial charge in [0.05, 0.1) is 12.7 Å². The summed E-state index contributed by atoms with van der Waals surface area (Å²) in [5, 5.41) is 0. The van der Waals surface area contributed by atoms with E-state index in [1.165, 1.54) is 32.2 Å². The summed E-state index contributed by atoms with van der Waals surface area (Å²) in [6.45, 7) is 5.41. The molecule has 3 heteroatoms. The first kappa shape index (κ1) is 11.7. The monoisotopic (exact) mass is 231 g/mol. The zero-order valence-electron chi connectivity index (χ0n) is 9.62. The molecular formula is C12H22ClNO.